The molecule has 2 nitrogen and oxygen atoms in total. The van der Waals surface area contributed by atoms with Crippen LogP contribution in [0.1, 0.15) is 29.8 Å². The number of Topliss-reactive ketones (excluding diaryl/α,β-unsaturated/α-hetero) is 1. The van der Waals surface area contributed by atoms with E-state index in [1.165, 1.54) is 6.42 Å². The third-order valence-corrected chi connectivity index (χ3v) is 4.65. The van der Waals surface area contributed by atoms with Crippen LogP contribution in [0, 0.1) is 17.8 Å². The predicted molar refractivity (Wildman–Crippen MR) is 69.9 cm³/mol. The van der Waals surface area contributed by atoms with E-state index in [0.717, 1.165) is 30.1 Å². The standard InChI is InChI=1S/C15H13ClO2/c16-12-3-1-2-8-7-13(18-15(8)12)14(17)11-5-9-4-10(9)6-11/h1-3,7,9-11H,4-6H2. The van der Waals surface area contributed by atoms with Crippen LogP contribution in [0.3, 0.4) is 0 Å². The van der Waals surface area contributed by atoms with E-state index in [1.807, 2.05) is 18.2 Å². The van der Waals surface area contributed by atoms with Crippen molar-refractivity contribution in [1.29, 1.82) is 0 Å². The highest BCUT2D eigenvalue weighted by molar-refractivity contribution is 6.34. The summed E-state index contributed by atoms with van der Waals surface area (Å²) in [6, 6.07) is 7.41. The molecule has 1 aromatic carbocycles. The van der Waals surface area contributed by atoms with Crippen molar-refractivity contribution in [2.75, 3.05) is 0 Å². The molecule has 1 heterocycles. The van der Waals surface area contributed by atoms with Crippen LogP contribution < -0.4 is 0 Å². The quantitative estimate of drug-likeness (QED) is 0.753. The second kappa shape index (κ2) is 3.61. The minimum Gasteiger partial charge on any atom is -0.451 e. The molecule has 92 valence electrons. The van der Waals surface area contributed by atoms with E-state index in [0.29, 0.717) is 16.4 Å². The molecule has 0 bridgehead atoms. The number of hydrogen-bond donors (Lipinski definition) is 0. The van der Waals surface area contributed by atoms with Crippen molar-refractivity contribution in [3.63, 3.8) is 0 Å². The molecule has 2 aromatic rings. The van der Waals surface area contributed by atoms with Crippen LogP contribution in [-0.2, 0) is 0 Å². The van der Waals surface area contributed by atoms with E-state index in [-0.39, 0.29) is 11.7 Å². The SMILES string of the molecule is O=C(c1cc2cccc(Cl)c2o1)C1CC2CC2C1. The van der Waals surface area contributed by atoms with Gasteiger partial charge in [-0.05, 0) is 43.2 Å². The van der Waals surface area contributed by atoms with Gasteiger partial charge in [0.25, 0.3) is 0 Å². The van der Waals surface area contributed by atoms with Crippen molar-refractivity contribution in [2.45, 2.75) is 19.3 Å². The summed E-state index contributed by atoms with van der Waals surface area (Å²) in [5.74, 6) is 2.44. The van der Waals surface area contributed by atoms with Gasteiger partial charge in [0.15, 0.2) is 11.3 Å². The third kappa shape index (κ3) is 1.52. The van der Waals surface area contributed by atoms with Crippen LogP contribution in [0.4, 0.5) is 0 Å². The third-order valence-electron chi connectivity index (χ3n) is 4.35. The van der Waals surface area contributed by atoms with Crippen LogP contribution in [0.15, 0.2) is 28.7 Å². The molecule has 0 saturated heterocycles. The number of furan rings is 1. The second-order valence-corrected chi connectivity index (χ2v) is 5.96. The number of hydrogen-bond acceptors (Lipinski definition) is 2. The average molecular weight is 261 g/mol. The molecule has 0 aliphatic heterocycles. The number of carbonyl (C=O) groups is 1. The summed E-state index contributed by atoms with van der Waals surface area (Å²) in [5, 5.41) is 1.48. The van der Waals surface area contributed by atoms with Crippen molar-refractivity contribution in [3.05, 3.63) is 35.0 Å². The van der Waals surface area contributed by atoms with Gasteiger partial charge in [-0.25, -0.2) is 0 Å². The summed E-state index contributed by atoms with van der Waals surface area (Å²) in [5.41, 5.74) is 0.630. The van der Waals surface area contributed by atoms with Gasteiger partial charge < -0.3 is 4.42 Å². The Kier molecular flexibility index (Phi) is 2.13. The Labute approximate surface area is 110 Å². The number of para-hydroxylation sites is 1. The van der Waals surface area contributed by atoms with Crippen LogP contribution in [-0.4, -0.2) is 5.78 Å². The molecule has 2 fully saturated rings. The summed E-state index contributed by atoms with van der Waals surface area (Å²) in [6.45, 7) is 0. The lowest BCUT2D eigenvalue weighted by Crippen LogP contribution is -2.11. The highest BCUT2D eigenvalue weighted by atomic mass is 35.5. The molecular formula is C15H13ClO2. The topological polar surface area (TPSA) is 30.2 Å². The lowest BCUT2D eigenvalue weighted by atomic mass is 9.97. The smallest absolute Gasteiger partial charge is 0.201 e. The van der Waals surface area contributed by atoms with Crippen molar-refractivity contribution >= 4 is 28.4 Å². The fourth-order valence-electron chi connectivity index (χ4n) is 3.28. The molecule has 0 N–H and O–H groups in total. The van der Waals surface area contributed by atoms with E-state index >= 15 is 0 Å². The molecule has 1 aromatic heterocycles. The van der Waals surface area contributed by atoms with E-state index in [2.05, 4.69) is 0 Å². The zero-order valence-corrected chi connectivity index (χ0v) is 10.6. The van der Waals surface area contributed by atoms with Gasteiger partial charge in [0, 0.05) is 11.3 Å². The maximum atomic E-state index is 12.4. The van der Waals surface area contributed by atoms with Gasteiger partial charge in [0.2, 0.25) is 5.78 Å². The highest BCUT2D eigenvalue weighted by Crippen LogP contribution is 2.55. The molecule has 2 atom stereocenters. The number of benzene rings is 1. The fraction of sp³-hybridized carbons (Fsp3) is 0.400. The Morgan fingerprint density at radius 2 is 2.00 bits per heavy atom. The van der Waals surface area contributed by atoms with Crippen LogP contribution >= 0.6 is 11.6 Å². The molecule has 2 aliphatic rings. The van der Waals surface area contributed by atoms with Crippen molar-refractivity contribution < 1.29 is 9.21 Å². The van der Waals surface area contributed by atoms with E-state index in [1.54, 1.807) is 6.07 Å². The van der Waals surface area contributed by atoms with E-state index in [4.69, 9.17) is 16.0 Å². The molecule has 4 rings (SSSR count). The van der Waals surface area contributed by atoms with E-state index < -0.39 is 0 Å². The first kappa shape index (κ1) is 10.6. The monoisotopic (exact) mass is 260 g/mol. The number of rotatable bonds is 2. The molecule has 2 unspecified atom stereocenters. The molecule has 18 heavy (non-hydrogen) atoms. The Bertz CT molecular complexity index is 633. The molecule has 0 amide bonds. The van der Waals surface area contributed by atoms with Gasteiger partial charge in [-0.3, -0.25) is 4.79 Å². The lowest BCUT2D eigenvalue weighted by Gasteiger charge is -2.07. The largest absolute Gasteiger partial charge is 0.451 e. The molecule has 3 heteroatoms. The Morgan fingerprint density at radius 1 is 1.22 bits per heavy atom. The maximum absolute atomic E-state index is 12.4. The average Bonchev–Trinajstić information content (AvgIpc) is 2.80. The maximum Gasteiger partial charge on any atom is 0.201 e. The Balaban J connectivity index is 1.69. The van der Waals surface area contributed by atoms with Gasteiger partial charge in [-0.15, -0.1) is 0 Å². The molecule has 0 spiro atoms. The zero-order valence-electron chi connectivity index (χ0n) is 9.86. The van der Waals surface area contributed by atoms with Crippen molar-refractivity contribution in [3.8, 4) is 0 Å². The Hall–Kier alpha value is -1.28. The molecule has 2 aliphatic carbocycles. The van der Waals surface area contributed by atoms with Crippen molar-refractivity contribution in [2.24, 2.45) is 17.8 Å². The predicted octanol–water partition coefficient (Wildman–Crippen LogP) is 4.32. The van der Waals surface area contributed by atoms with Gasteiger partial charge in [-0.1, -0.05) is 23.7 Å². The molecule has 2 saturated carbocycles. The minimum atomic E-state index is 0.162. The summed E-state index contributed by atoms with van der Waals surface area (Å²) < 4.78 is 5.64. The van der Waals surface area contributed by atoms with Gasteiger partial charge >= 0.3 is 0 Å². The molecule has 0 radical (unpaired) electrons. The normalized spacial score (nSPS) is 29.5. The van der Waals surface area contributed by atoms with Crippen molar-refractivity contribution in [1.82, 2.24) is 0 Å². The Morgan fingerprint density at radius 3 is 2.72 bits per heavy atom. The van der Waals surface area contributed by atoms with Crippen LogP contribution in [0.25, 0.3) is 11.0 Å². The highest BCUT2D eigenvalue weighted by Gasteiger charge is 2.48. The van der Waals surface area contributed by atoms with Crippen LogP contribution in [0.2, 0.25) is 5.02 Å². The number of halogens is 1. The fourth-order valence-corrected chi connectivity index (χ4v) is 3.50. The second-order valence-electron chi connectivity index (χ2n) is 5.56. The number of fused-ring (bicyclic) bond motifs is 2. The van der Waals surface area contributed by atoms with Crippen LogP contribution in [0.5, 0.6) is 0 Å². The number of ketones is 1. The van der Waals surface area contributed by atoms with Gasteiger partial charge in [0.05, 0.1) is 5.02 Å². The minimum absolute atomic E-state index is 0.162. The molecular weight excluding hydrogens is 248 g/mol. The number of carbonyl (C=O) groups excluding carboxylic acids is 1. The first-order valence-electron chi connectivity index (χ1n) is 6.44. The summed E-state index contributed by atoms with van der Waals surface area (Å²) in [7, 11) is 0. The summed E-state index contributed by atoms with van der Waals surface area (Å²) in [6.07, 6.45) is 3.43. The zero-order chi connectivity index (χ0) is 12.3. The lowest BCUT2D eigenvalue weighted by molar-refractivity contribution is 0.0888. The van der Waals surface area contributed by atoms with Gasteiger partial charge in [-0.2, -0.15) is 0 Å². The summed E-state index contributed by atoms with van der Waals surface area (Å²) >= 11 is 6.06. The summed E-state index contributed by atoms with van der Waals surface area (Å²) in [4.78, 5) is 12.4. The van der Waals surface area contributed by atoms with E-state index in [9.17, 15) is 4.79 Å². The van der Waals surface area contributed by atoms with Gasteiger partial charge in [0.1, 0.15) is 0 Å². The first-order chi connectivity index (χ1) is 8.72. The first-order valence-corrected chi connectivity index (χ1v) is 6.82.